The number of primary amides is 1. The van der Waals surface area contributed by atoms with Crippen molar-refractivity contribution < 1.29 is 9.59 Å². The molecule has 1 heterocycles. The third-order valence-corrected chi connectivity index (χ3v) is 5.05. The van der Waals surface area contributed by atoms with Crippen molar-refractivity contribution in [3.8, 4) is 0 Å². The molecule has 6 nitrogen and oxygen atoms in total. The van der Waals surface area contributed by atoms with Crippen LogP contribution >= 0.6 is 0 Å². The molecule has 0 aromatic heterocycles. The van der Waals surface area contributed by atoms with E-state index in [1.165, 1.54) is 5.56 Å². The summed E-state index contributed by atoms with van der Waals surface area (Å²) < 4.78 is 0. The predicted octanol–water partition coefficient (Wildman–Crippen LogP) is 1.52. The second-order valence-electron chi connectivity index (χ2n) is 7.65. The van der Waals surface area contributed by atoms with Gasteiger partial charge in [0.1, 0.15) is 0 Å². The first-order valence-corrected chi connectivity index (χ1v) is 9.48. The van der Waals surface area contributed by atoms with E-state index in [1.807, 2.05) is 19.1 Å². The Bertz CT molecular complexity index is 630. The molecule has 0 spiro atoms. The third-order valence-electron chi connectivity index (χ3n) is 5.05. The van der Waals surface area contributed by atoms with Crippen LogP contribution in [0.25, 0.3) is 0 Å². The van der Waals surface area contributed by atoms with Gasteiger partial charge in [-0.3, -0.25) is 14.5 Å². The molecule has 2 amide bonds. The van der Waals surface area contributed by atoms with Crippen molar-refractivity contribution in [1.29, 1.82) is 0 Å². The maximum Gasteiger partial charge on any atom is 0.240 e. The Morgan fingerprint density at radius 1 is 1.35 bits per heavy atom. The molecule has 2 rings (SSSR count). The summed E-state index contributed by atoms with van der Waals surface area (Å²) in [6.45, 7) is 6.74. The predicted molar refractivity (Wildman–Crippen MR) is 103 cm³/mol. The Hall–Kier alpha value is -1.92. The normalized spacial score (nSPS) is 20.3. The summed E-state index contributed by atoms with van der Waals surface area (Å²) >= 11 is 0. The van der Waals surface area contributed by atoms with Crippen molar-refractivity contribution in [3.63, 3.8) is 0 Å². The molecule has 6 heteroatoms. The SMILES string of the molecule is CCCC(C)(N)C(=O)NCc1cccc(CN2CCCC(C(N)=O)C2)c1. The van der Waals surface area contributed by atoms with Gasteiger partial charge in [0.05, 0.1) is 11.5 Å². The zero-order chi connectivity index (χ0) is 19.2. The number of nitrogens with one attached hydrogen (secondary N) is 1. The molecule has 26 heavy (non-hydrogen) atoms. The molecule has 0 saturated carbocycles. The lowest BCUT2D eigenvalue weighted by molar-refractivity contribution is -0.126. The molecular weight excluding hydrogens is 328 g/mol. The number of carbonyl (C=O) groups excluding carboxylic acids is 2. The number of piperidine rings is 1. The number of rotatable bonds is 8. The minimum absolute atomic E-state index is 0.0491. The number of hydrogen-bond donors (Lipinski definition) is 3. The van der Waals surface area contributed by atoms with Gasteiger partial charge in [0.25, 0.3) is 0 Å². The minimum Gasteiger partial charge on any atom is -0.369 e. The topological polar surface area (TPSA) is 101 Å². The van der Waals surface area contributed by atoms with Gasteiger partial charge in [-0.1, -0.05) is 37.6 Å². The van der Waals surface area contributed by atoms with E-state index < -0.39 is 5.54 Å². The molecule has 1 aliphatic heterocycles. The van der Waals surface area contributed by atoms with E-state index in [1.54, 1.807) is 6.92 Å². The van der Waals surface area contributed by atoms with Gasteiger partial charge < -0.3 is 16.8 Å². The van der Waals surface area contributed by atoms with Gasteiger partial charge in [-0.05, 0) is 43.9 Å². The van der Waals surface area contributed by atoms with Crippen molar-refractivity contribution in [3.05, 3.63) is 35.4 Å². The first-order valence-electron chi connectivity index (χ1n) is 9.48. The van der Waals surface area contributed by atoms with E-state index in [0.29, 0.717) is 13.0 Å². The van der Waals surface area contributed by atoms with Crippen LogP contribution in [0.15, 0.2) is 24.3 Å². The van der Waals surface area contributed by atoms with Crippen molar-refractivity contribution >= 4 is 11.8 Å². The zero-order valence-corrected chi connectivity index (χ0v) is 16.0. The Kier molecular flexibility index (Phi) is 7.17. The molecule has 0 bridgehead atoms. The van der Waals surface area contributed by atoms with Crippen molar-refractivity contribution in [2.24, 2.45) is 17.4 Å². The van der Waals surface area contributed by atoms with Gasteiger partial charge in [0.15, 0.2) is 0 Å². The fraction of sp³-hybridized carbons (Fsp3) is 0.600. The highest BCUT2D eigenvalue weighted by Crippen LogP contribution is 2.19. The molecule has 2 unspecified atom stereocenters. The number of nitrogens with two attached hydrogens (primary N) is 2. The molecule has 0 radical (unpaired) electrons. The first kappa shape index (κ1) is 20.4. The summed E-state index contributed by atoms with van der Waals surface area (Å²) in [5.74, 6) is -0.375. The summed E-state index contributed by atoms with van der Waals surface area (Å²) in [6.07, 6.45) is 3.41. The smallest absolute Gasteiger partial charge is 0.240 e. The Balaban J connectivity index is 1.91. The molecule has 1 aliphatic rings. The van der Waals surface area contributed by atoms with Crippen LogP contribution in [0.1, 0.15) is 50.7 Å². The maximum absolute atomic E-state index is 12.2. The standard InChI is InChI=1S/C20H32N4O2/c1-3-9-20(2,22)19(26)23-12-15-6-4-7-16(11-15)13-24-10-5-8-17(14-24)18(21)25/h4,6-7,11,17H,3,5,8-10,12-14,22H2,1-2H3,(H2,21,25)(H,23,26). The second-order valence-corrected chi connectivity index (χ2v) is 7.65. The Morgan fingerprint density at radius 3 is 2.77 bits per heavy atom. The van der Waals surface area contributed by atoms with Gasteiger partial charge in [0, 0.05) is 19.6 Å². The third kappa shape index (κ3) is 5.81. The molecule has 0 aliphatic carbocycles. The number of benzene rings is 1. The fourth-order valence-electron chi connectivity index (χ4n) is 3.54. The van der Waals surface area contributed by atoms with Gasteiger partial charge in [-0.15, -0.1) is 0 Å². The van der Waals surface area contributed by atoms with Crippen LogP contribution in [0.3, 0.4) is 0 Å². The van der Waals surface area contributed by atoms with Crippen LogP contribution in [0.2, 0.25) is 0 Å². The zero-order valence-electron chi connectivity index (χ0n) is 16.0. The van der Waals surface area contributed by atoms with E-state index in [0.717, 1.165) is 44.5 Å². The lowest BCUT2D eigenvalue weighted by Crippen LogP contribution is -2.51. The van der Waals surface area contributed by atoms with E-state index in [9.17, 15) is 9.59 Å². The van der Waals surface area contributed by atoms with Crippen molar-refractivity contribution in [2.75, 3.05) is 13.1 Å². The lowest BCUT2D eigenvalue weighted by Gasteiger charge is -2.31. The van der Waals surface area contributed by atoms with Crippen molar-refractivity contribution in [2.45, 2.75) is 58.2 Å². The average molecular weight is 361 g/mol. The fourth-order valence-corrected chi connectivity index (χ4v) is 3.54. The van der Waals surface area contributed by atoms with E-state index in [-0.39, 0.29) is 17.7 Å². The monoisotopic (exact) mass is 360 g/mol. The summed E-state index contributed by atoms with van der Waals surface area (Å²) in [4.78, 5) is 25.9. The summed E-state index contributed by atoms with van der Waals surface area (Å²) in [5.41, 5.74) is 12.9. The molecular formula is C20H32N4O2. The summed E-state index contributed by atoms with van der Waals surface area (Å²) in [7, 11) is 0. The molecule has 1 fully saturated rings. The van der Waals surface area contributed by atoms with Crippen LogP contribution in [0.5, 0.6) is 0 Å². The Morgan fingerprint density at radius 2 is 2.08 bits per heavy atom. The number of hydrogen-bond acceptors (Lipinski definition) is 4. The van der Waals surface area contributed by atoms with Crippen LogP contribution in [-0.2, 0) is 22.7 Å². The van der Waals surface area contributed by atoms with Crippen LogP contribution in [0.4, 0.5) is 0 Å². The van der Waals surface area contributed by atoms with Crippen LogP contribution in [0, 0.1) is 5.92 Å². The Labute approximate surface area is 156 Å². The molecule has 1 aromatic carbocycles. The number of carbonyl (C=O) groups is 2. The van der Waals surface area contributed by atoms with Gasteiger partial charge in [0.2, 0.25) is 11.8 Å². The highest BCUT2D eigenvalue weighted by atomic mass is 16.2. The highest BCUT2D eigenvalue weighted by molar-refractivity contribution is 5.85. The first-order chi connectivity index (χ1) is 12.3. The van der Waals surface area contributed by atoms with E-state index in [4.69, 9.17) is 11.5 Å². The van der Waals surface area contributed by atoms with E-state index in [2.05, 4.69) is 22.3 Å². The van der Waals surface area contributed by atoms with E-state index >= 15 is 0 Å². The van der Waals surface area contributed by atoms with Gasteiger partial charge in [-0.25, -0.2) is 0 Å². The minimum atomic E-state index is -0.829. The molecule has 5 N–H and O–H groups in total. The summed E-state index contributed by atoms with van der Waals surface area (Å²) in [6, 6.07) is 8.17. The molecule has 1 aromatic rings. The number of nitrogens with zero attached hydrogens (tertiary/aromatic N) is 1. The quantitative estimate of drug-likeness (QED) is 0.654. The summed E-state index contributed by atoms with van der Waals surface area (Å²) in [5, 5.41) is 2.94. The molecule has 1 saturated heterocycles. The molecule has 144 valence electrons. The van der Waals surface area contributed by atoms with Crippen LogP contribution < -0.4 is 16.8 Å². The molecule has 2 atom stereocenters. The lowest BCUT2D eigenvalue weighted by atomic mass is 9.96. The largest absolute Gasteiger partial charge is 0.369 e. The average Bonchev–Trinajstić information content (AvgIpc) is 2.60. The second kappa shape index (κ2) is 9.14. The van der Waals surface area contributed by atoms with Crippen molar-refractivity contribution in [1.82, 2.24) is 10.2 Å². The highest BCUT2D eigenvalue weighted by Gasteiger charge is 2.27. The van der Waals surface area contributed by atoms with Crippen LogP contribution in [-0.4, -0.2) is 35.3 Å². The van der Waals surface area contributed by atoms with Gasteiger partial charge >= 0.3 is 0 Å². The number of amides is 2. The maximum atomic E-state index is 12.2. The number of likely N-dealkylation sites (tertiary alicyclic amines) is 1. The van der Waals surface area contributed by atoms with Gasteiger partial charge in [-0.2, -0.15) is 0 Å².